The highest BCUT2D eigenvalue weighted by Gasteiger charge is 2.49. The lowest BCUT2D eigenvalue weighted by atomic mass is 9.61. The summed E-state index contributed by atoms with van der Waals surface area (Å²) in [5, 5.41) is 6.09. The molecule has 2 aliphatic rings. The number of likely N-dealkylation sites (tertiary alicyclic amines) is 1. The van der Waals surface area contributed by atoms with E-state index in [0.29, 0.717) is 16.7 Å². The molecule has 2 N–H and O–H groups in total. The van der Waals surface area contributed by atoms with Crippen LogP contribution in [0.2, 0.25) is 0 Å². The number of nitrogens with one attached hydrogen (secondary N) is 2. The smallest absolute Gasteiger partial charge is 0.268 e. The van der Waals surface area contributed by atoms with Crippen LogP contribution in [0.5, 0.6) is 0 Å². The number of aromatic nitrogens is 3. The number of fused-ring (bicyclic) bond motifs is 1. The monoisotopic (exact) mass is 526 g/mol. The lowest BCUT2D eigenvalue weighted by Crippen LogP contribution is -2.42. The van der Waals surface area contributed by atoms with E-state index in [-0.39, 0.29) is 17.2 Å². The normalized spacial score (nSPS) is 20.4. The molecule has 0 bridgehead atoms. The number of thiophene rings is 1. The van der Waals surface area contributed by atoms with Crippen molar-refractivity contribution in [3.63, 3.8) is 0 Å². The molecule has 8 nitrogen and oxygen atoms in total. The predicted octanol–water partition coefficient (Wildman–Crippen LogP) is 5.27. The Morgan fingerprint density at radius 1 is 1.18 bits per heavy atom. The highest BCUT2D eigenvalue weighted by Crippen LogP contribution is 2.52. The highest BCUT2D eigenvalue weighted by molar-refractivity contribution is 7.17. The first-order valence-corrected chi connectivity index (χ1v) is 13.7. The van der Waals surface area contributed by atoms with E-state index in [1.165, 1.54) is 17.4 Å². The van der Waals surface area contributed by atoms with Gasteiger partial charge in [0, 0.05) is 43.3 Å². The van der Waals surface area contributed by atoms with Crippen LogP contribution < -0.4 is 10.6 Å². The van der Waals surface area contributed by atoms with Crippen LogP contribution in [0, 0.1) is 11.3 Å². The van der Waals surface area contributed by atoms with Crippen molar-refractivity contribution in [2.24, 2.45) is 11.3 Å². The van der Waals surface area contributed by atoms with Crippen LogP contribution in [0.15, 0.2) is 67.4 Å². The van der Waals surface area contributed by atoms with Crippen LogP contribution in [-0.2, 0) is 11.3 Å². The van der Waals surface area contributed by atoms with E-state index in [1.54, 1.807) is 6.20 Å². The number of nitrogens with zero attached hydrogens (tertiary/aromatic N) is 4. The number of hydrogen-bond acceptors (Lipinski definition) is 6. The summed E-state index contributed by atoms with van der Waals surface area (Å²) in [7, 11) is 1.83. The summed E-state index contributed by atoms with van der Waals surface area (Å²) in [5.74, 6) is 1.71. The van der Waals surface area contributed by atoms with Gasteiger partial charge >= 0.3 is 0 Å². The first-order chi connectivity index (χ1) is 18.5. The number of pyridine rings is 1. The molecular formula is C29H30N6O2S. The molecule has 0 atom stereocenters. The van der Waals surface area contributed by atoms with E-state index in [0.717, 1.165) is 66.2 Å². The van der Waals surface area contributed by atoms with E-state index in [4.69, 9.17) is 4.98 Å². The van der Waals surface area contributed by atoms with Gasteiger partial charge in [-0.05, 0) is 73.1 Å². The molecular weight excluding hydrogens is 496 g/mol. The number of imidazole rings is 1. The molecule has 1 saturated carbocycles. The zero-order chi connectivity index (χ0) is 26.3. The maximum absolute atomic E-state index is 13.3. The second kappa shape index (κ2) is 9.72. The average molecular weight is 527 g/mol. The van der Waals surface area contributed by atoms with Gasteiger partial charge in [-0.15, -0.1) is 11.3 Å². The number of para-hydroxylation sites is 2. The molecule has 4 aromatic rings. The summed E-state index contributed by atoms with van der Waals surface area (Å²) >= 11 is 1.44. The number of benzene rings is 1. The Balaban J connectivity index is 1.18. The van der Waals surface area contributed by atoms with Crippen molar-refractivity contribution in [2.75, 3.05) is 30.8 Å². The minimum absolute atomic E-state index is 0.0268. The van der Waals surface area contributed by atoms with E-state index in [2.05, 4.69) is 32.8 Å². The summed E-state index contributed by atoms with van der Waals surface area (Å²) in [6, 6.07) is 15.7. The van der Waals surface area contributed by atoms with E-state index < -0.39 is 0 Å². The summed E-state index contributed by atoms with van der Waals surface area (Å²) in [6.07, 6.45) is 6.41. The third-order valence-corrected chi connectivity index (χ3v) is 8.96. The first kappa shape index (κ1) is 24.4. The fraction of sp³-hybridized carbons (Fsp3) is 0.310. The number of hydrogen-bond donors (Lipinski definition) is 2. The number of amides is 2. The standard InChI is InChI=1S/C29H30N6O2S/c1-3-26(36)34-13-12-29(18-34)14-19(15-29)17-35-22-7-5-4-6-21(22)32-28(35)33-27(37)24-10-9-23(38-24)20-8-11-25(30-2)31-16-20/h3-11,16,19H,1,12-15,17-18H2,2H3,(H,30,31)(H,32,33,37). The summed E-state index contributed by atoms with van der Waals surface area (Å²) in [5.41, 5.74) is 3.07. The number of anilines is 2. The molecule has 6 rings (SSSR count). The Morgan fingerprint density at radius 2 is 2.03 bits per heavy atom. The molecule has 1 spiro atoms. The van der Waals surface area contributed by atoms with Crippen molar-refractivity contribution in [1.82, 2.24) is 19.4 Å². The second-order valence-corrected chi connectivity index (χ2v) is 11.4. The fourth-order valence-electron chi connectivity index (χ4n) is 5.96. The van der Waals surface area contributed by atoms with E-state index in [9.17, 15) is 9.59 Å². The number of carbonyl (C=O) groups is 2. The molecule has 1 aliphatic carbocycles. The molecule has 1 aliphatic heterocycles. The summed E-state index contributed by atoms with van der Waals surface area (Å²) in [6.45, 7) is 6.04. The average Bonchev–Trinajstić information content (AvgIpc) is 3.66. The Hall–Kier alpha value is -3.98. The largest absolute Gasteiger partial charge is 0.373 e. The number of carbonyl (C=O) groups excluding carboxylic acids is 2. The maximum Gasteiger partial charge on any atom is 0.268 e. The van der Waals surface area contributed by atoms with Gasteiger partial charge in [-0.3, -0.25) is 14.9 Å². The van der Waals surface area contributed by atoms with Crippen LogP contribution in [0.25, 0.3) is 21.5 Å². The van der Waals surface area contributed by atoms with E-state index in [1.807, 2.05) is 54.4 Å². The Bertz CT molecular complexity index is 1520. The van der Waals surface area contributed by atoms with Crippen molar-refractivity contribution in [3.05, 3.63) is 72.3 Å². The molecule has 1 saturated heterocycles. The third kappa shape index (κ3) is 4.47. The van der Waals surface area contributed by atoms with Gasteiger partial charge < -0.3 is 14.8 Å². The van der Waals surface area contributed by atoms with Crippen LogP contribution in [0.3, 0.4) is 0 Å². The molecule has 2 fully saturated rings. The Labute approximate surface area is 225 Å². The Morgan fingerprint density at radius 3 is 2.79 bits per heavy atom. The molecule has 2 amide bonds. The zero-order valence-corrected chi connectivity index (χ0v) is 22.1. The minimum Gasteiger partial charge on any atom is -0.373 e. The lowest BCUT2D eigenvalue weighted by Gasteiger charge is -2.45. The van der Waals surface area contributed by atoms with E-state index >= 15 is 0 Å². The van der Waals surface area contributed by atoms with Gasteiger partial charge in [0.2, 0.25) is 11.9 Å². The third-order valence-electron chi connectivity index (χ3n) is 7.82. The molecule has 4 heterocycles. The zero-order valence-electron chi connectivity index (χ0n) is 21.3. The molecule has 9 heteroatoms. The van der Waals surface area contributed by atoms with Gasteiger partial charge in [0.1, 0.15) is 5.82 Å². The molecule has 194 valence electrons. The van der Waals surface area contributed by atoms with Crippen molar-refractivity contribution < 1.29 is 9.59 Å². The van der Waals surface area contributed by atoms with Crippen molar-refractivity contribution in [1.29, 1.82) is 0 Å². The topological polar surface area (TPSA) is 92.2 Å². The quantitative estimate of drug-likeness (QED) is 0.320. The van der Waals surface area contributed by atoms with Gasteiger partial charge in [-0.25, -0.2) is 9.97 Å². The first-order valence-electron chi connectivity index (χ1n) is 12.9. The molecule has 3 aromatic heterocycles. The van der Waals surface area contributed by atoms with Crippen LogP contribution in [0.4, 0.5) is 11.8 Å². The molecule has 38 heavy (non-hydrogen) atoms. The fourth-order valence-corrected chi connectivity index (χ4v) is 6.85. The van der Waals surface area contributed by atoms with Gasteiger partial charge in [-0.1, -0.05) is 18.7 Å². The maximum atomic E-state index is 13.3. The summed E-state index contributed by atoms with van der Waals surface area (Å²) < 4.78 is 2.14. The van der Waals surface area contributed by atoms with Gasteiger partial charge in [0.15, 0.2) is 0 Å². The van der Waals surface area contributed by atoms with Crippen LogP contribution in [0.1, 0.15) is 28.9 Å². The van der Waals surface area contributed by atoms with Gasteiger partial charge in [0.05, 0.1) is 15.9 Å². The second-order valence-electron chi connectivity index (χ2n) is 10.3. The van der Waals surface area contributed by atoms with Crippen molar-refractivity contribution >= 4 is 46.0 Å². The minimum atomic E-state index is -0.169. The summed E-state index contributed by atoms with van der Waals surface area (Å²) in [4.78, 5) is 38.0. The van der Waals surface area contributed by atoms with Crippen molar-refractivity contribution in [3.8, 4) is 10.4 Å². The molecule has 1 aromatic carbocycles. The predicted molar refractivity (Wildman–Crippen MR) is 151 cm³/mol. The Kier molecular flexibility index (Phi) is 6.23. The van der Waals surface area contributed by atoms with Crippen LogP contribution in [-0.4, -0.2) is 51.4 Å². The molecule has 0 unspecified atom stereocenters. The SMILES string of the molecule is C=CC(=O)N1CCC2(CC(Cn3c(NC(=O)c4ccc(-c5ccc(NC)nc5)s4)nc4ccccc43)C2)C1. The number of rotatable bonds is 7. The lowest BCUT2D eigenvalue weighted by molar-refractivity contribution is -0.125. The van der Waals surface area contributed by atoms with Crippen LogP contribution >= 0.6 is 11.3 Å². The molecule has 0 radical (unpaired) electrons. The highest BCUT2D eigenvalue weighted by atomic mass is 32.1. The van der Waals surface area contributed by atoms with Gasteiger partial charge in [-0.2, -0.15) is 0 Å². The van der Waals surface area contributed by atoms with Gasteiger partial charge in [0.25, 0.3) is 5.91 Å². The van der Waals surface area contributed by atoms with Crippen molar-refractivity contribution in [2.45, 2.75) is 25.8 Å².